The Hall–Kier alpha value is -2.25. The second-order valence-electron chi connectivity index (χ2n) is 5.78. The van der Waals surface area contributed by atoms with E-state index in [2.05, 4.69) is 16.6 Å². The highest BCUT2D eigenvalue weighted by Gasteiger charge is 2.16. The fourth-order valence-corrected chi connectivity index (χ4v) is 3.27. The van der Waals surface area contributed by atoms with Gasteiger partial charge in [0, 0.05) is 38.1 Å². The summed E-state index contributed by atoms with van der Waals surface area (Å²) in [5.74, 6) is -0.109. The molecule has 1 aromatic carbocycles. The molecule has 25 heavy (non-hydrogen) atoms. The lowest BCUT2D eigenvalue weighted by molar-refractivity contribution is 0.0793. The molecule has 1 amide bonds. The fourth-order valence-electron chi connectivity index (χ4n) is 2.26. The molecule has 0 saturated heterocycles. The van der Waals surface area contributed by atoms with Gasteiger partial charge in [-0.25, -0.2) is 13.1 Å². The van der Waals surface area contributed by atoms with Gasteiger partial charge in [0.1, 0.15) is 0 Å². The summed E-state index contributed by atoms with van der Waals surface area (Å²) in [5, 5.41) is 0. The molecule has 1 heterocycles. The van der Waals surface area contributed by atoms with Gasteiger partial charge < -0.3 is 4.90 Å². The van der Waals surface area contributed by atoms with Crippen LogP contribution in [0.1, 0.15) is 35.7 Å². The molecule has 0 saturated carbocycles. The largest absolute Gasteiger partial charge is 0.342 e. The first-order valence-electron chi connectivity index (χ1n) is 8.18. The number of rotatable bonds is 8. The van der Waals surface area contributed by atoms with Gasteiger partial charge in [0.25, 0.3) is 5.91 Å². The summed E-state index contributed by atoms with van der Waals surface area (Å²) in [7, 11) is -1.88. The van der Waals surface area contributed by atoms with Crippen LogP contribution in [0.2, 0.25) is 0 Å². The number of unbranched alkanes of at least 4 members (excludes halogenated alkanes) is 1. The van der Waals surface area contributed by atoms with Crippen molar-refractivity contribution in [3.8, 4) is 0 Å². The first kappa shape index (κ1) is 19.1. The van der Waals surface area contributed by atoms with Crippen LogP contribution < -0.4 is 4.72 Å². The molecule has 0 aliphatic carbocycles. The summed E-state index contributed by atoms with van der Waals surface area (Å²) in [6, 6.07) is 9.50. The molecular weight excluding hydrogens is 338 g/mol. The van der Waals surface area contributed by atoms with E-state index in [9.17, 15) is 13.2 Å². The molecule has 0 unspecified atom stereocenters. The number of hydrogen-bond donors (Lipinski definition) is 1. The minimum atomic E-state index is -3.63. The zero-order valence-corrected chi connectivity index (χ0v) is 15.3. The maximum atomic E-state index is 12.3. The zero-order valence-electron chi connectivity index (χ0n) is 14.5. The van der Waals surface area contributed by atoms with E-state index in [0.717, 1.165) is 18.4 Å². The number of hydrogen-bond acceptors (Lipinski definition) is 4. The summed E-state index contributed by atoms with van der Waals surface area (Å²) < 4.78 is 27.2. The van der Waals surface area contributed by atoms with Crippen molar-refractivity contribution >= 4 is 15.9 Å². The number of nitrogens with zero attached hydrogens (tertiary/aromatic N) is 2. The van der Waals surface area contributed by atoms with Gasteiger partial charge in [-0.3, -0.25) is 9.78 Å². The topological polar surface area (TPSA) is 79.4 Å². The van der Waals surface area contributed by atoms with Crippen molar-refractivity contribution < 1.29 is 13.2 Å². The molecule has 0 spiro atoms. The summed E-state index contributed by atoms with van der Waals surface area (Å²) in [6.07, 6.45) is 5.17. The van der Waals surface area contributed by atoms with E-state index in [1.165, 1.54) is 12.1 Å². The Morgan fingerprint density at radius 1 is 1.12 bits per heavy atom. The Morgan fingerprint density at radius 3 is 2.36 bits per heavy atom. The second kappa shape index (κ2) is 8.73. The highest BCUT2D eigenvalue weighted by atomic mass is 32.2. The molecule has 134 valence electrons. The molecular formula is C18H23N3O3S. The van der Waals surface area contributed by atoms with Crippen LogP contribution in [0.25, 0.3) is 0 Å². The zero-order chi connectivity index (χ0) is 18.3. The molecule has 0 bridgehead atoms. The van der Waals surface area contributed by atoms with Crippen LogP contribution in [0, 0.1) is 0 Å². The normalized spacial score (nSPS) is 11.3. The molecule has 7 heteroatoms. The van der Waals surface area contributed by atoms with E-state index in [0.29, 0.717) is 12.1 Å². The van der Waals surface area contributed by atoms with Gasteiger partial charge in [0.15, 0.2) is 0 Å². The van der Waals surface area contributed by atoms with Crippen molar-refractivity contribution in [2.24, 2.45) is 0 Å². The van der Waals surface area contributed by atoms with Crippen LogP contribution in [-0.4, -0.2) is 37.8 Å². The van der Waals surface area contributed by atoms with E-state index in [-0.39, 0.29) is 17.3 Å². The van der Waals surface area contributed by atoms with Crippen LogP contribution in [0.4, 0.5) is 0 Å². The fraction of sp³-hybridized carbons (Fsp3) is 0.333. The average molecular weight is 361 g/mol. The van der Waals surface area contributed by atoms with Gasteiger partial charge in [-0.15, -0.1) is 0 Å². The van der Waals surface area contributed by atoms with Crippen molar-refractivity contribution in [3.05, 3.63) is 59.9 Å². The van der Waals surface area contributed by atoms with Crippen molar-refractivity contribution in [1.29, 1.82) is 0 Å². The van der Waals surface area contributed by atoms with Gasteiger partial charge in [-0.05, 0) is 48.4 Å². The predicted octanol–water partition coefficient (Wildman–Crippen LogP) is 2.43. The predicted molar refractivity (Wildman–Crippen MR) is 96.6 cm³/mol. The van der Waals surface area contributed by atoms with E-state index >= 15 is 0 Å². The third kappa shape index (κ3) is 5.37. The summed E-state index contributed by atoms with van der Waals surface area (Å²) in [5.41, 5.74) is 1.30. The Morgan fingerprint density at radius 2 is 1.76 bits per heavy atom. The van der Waals surface area contributed by atoms with E-state index < -0.39 is 10.0 Å². The molecule has 0 aliphatic rings. The van der Waals surface area contributed by atoms with Gasteiger partial charge in [0.2, 0.25) is 10.0 Å². The number of carbonyl (C=O) groups is 1. The third-order valence-electron chi connectivity index (χ3n) is 3.82. The first-order valence-corrected chi connectivity index (χ1v) is 9.66. The second-order valence-corrected chi connectivity index (χ2v) is 7.55. The van der Waals surface area contributed by atoms with Crippen molar-refractivity contribution in [3.63, 3.8) is 0 Å². The molecule has 0 atom stereocenters. The molecule has 0 aliphatic heterocycles. The van der Waals surface area contributed by atoms with Gasteiger partial charge in [0.05, 0.1) is 4.90 Å². The lowest BCUT2D eigenvalue weighted by atomic mass is 10.2. The highest BCUT2D eigenvalue weighted by Crippen LogP contribution is 2.13. The molecule has 2 aromatic rings. The van der Waals surface area contributed by atoms with Crippen LogP contribution >= 0.6 is 0 Å². The van der Waals surface area contributed by atoms with Crippen LogP contribution in [0.3, 0.4) is 0 Å². The third-order valence-corrected chi connectivity index (χ3v) is 5.24. The Kier molecular flexibility index (Phi) is 6.66. The monoisotopic (exact) mass is 361 g/mol. The van der Waals surface area contributed by atoms with Crippen molar-refractivity contribution in [2.75, 3.05) is 13.6 Å². The molecule has 2 rings (SSSR count). The number of pyridine rings is 1. The summed E-state index contributed by atoms with van der Waals surface area (Å²) >= 11 is 0. The van der Waals surface area contributed by atoms with Gasteiger partial charge in [-0.2, -0.15) is 0 Å². The molecule has 6 nitrogen and oxygen atoms in total. The lowest BCUT2D eigenvalue weighted by Gasteiger charge is -2.17. The summed E-state index contributed by atoms with van der Waals surface area (Å²) in [4.78, 5) is 18.0. The van der Waals surface area contributed by atoms with Crippen LogP contribution in [0.15, 0.2) is 53.7 Å². The standard InChI is InChI=1S/C18H23N3O3S/c1-3-4-13-21(2)18(22)16-5-7-17(8-6-16)25(23,24)20-14-15-9-11-19-12-10-15/h5-12,20H,3-4,13-14H2,1-2H3. The maximum absolute atomic E-state index is 12.3. The van der Waals surface area contributed by atoms with Gasteiger partial charge >= 0.3 is 0 Å². The minimum Gasteiger partial charge on any atom is -0.342 e. The van der Waals surface area contributed by atoms with E-state index in [1.807, 2.05) is 0 Å². The number of benzene rings is 1. The van der Waals surface area contributed by atoms with Crippen molar-refractivity contribution in [2.45, 2.75) is 31.2 Å². The minimum absolute atomic E-state index is 0.109. The quantitative estimate of drug-likeness (QED) is 0.783. The molecule has 1 aromatic heterocycles. The van der Waals surface area contributed by atoms with Gasteiger partial charge in [-0.1, -0.05) is 13.3 Å². The molecule has 1 N–H and O–H groups in total. The Bertz CT molecular complexity index is 790. The summed E-state index contributed by atoms with van der Waals surface area (Å²) in [6.45, 7) is 2.94. The highest BCUT2D eigenvalue weighted by molar-refractivity contribution is 7.89. The number of carbonyl (C=O) groups excluding carboxylic acids is 1. The maximum Gasteiger partial charge on any atom is 0.253 e. The molecule has 0 radical (unpaired) electrons. The number of aromatic nitrogens is 1. The van der Waals surface area contributed by atoms with Crippen LogP contribution in [-0.2, 0) is 16.6 Å². The number of sulfonamides is 1. The molecule has 0 fully saturated rings. The van der Waals surface area contributed by atoms with E-state index in [4.69, 9.17) is 0 Å². The Balaban J connectivity index is 2.04. The lowest BCUT2D eigenvalue weighted by Crippen LogP contribution is -2.28. The SMILES string of the molecule is CCCCN(C)C(=O)c1ccc(S(=O)(=O)NCc2ccncc2)cc1. The average Bonchev–Trinajstić information content (AvgIpc) is 2.65. The van der Waals surface area contributed by atoms with E-state index in [1.54, 1.807) is 48.6 Å². The number of nitrogens with one attached hydrogen (secondary N) is 1. The number of amides is 1. The first-order chi connectivity index (χ1) is 11.9. The van der Waals surface area contributed by atoms with Crippen LogP contribution in [0.5, 0.6) is 0 Å². The van der Waals surface area contributed by atoms with Crippen molar-refractivity contribution in [1.82, 2.24) is 14.6 Å². The smallest absolute Gasteiger partial charge is 0.253 e. The Labute approximate surface area is 148 Å².